The second kappa shape index (κ2) is 10.9. The Balaban J connectivity index is 1.29. The molecule has 1 aliphatic carbocycles. The number of nitrogens with two attached hydrogens (primary N) is 1. The van der Waals surface area contributed by atoms with Crippen molar-refractivity contribution in [2.75, 3.05) is 6.54 Å². The van der Waals surface area contributed by atoms with Gasteiger partial charge in [0.05, 0.1) is 39.5 Å². The van der Waals surface area contributed by atoms with E-state index in [1.165, 1.54) is 35.6 Å². The van der Waals surface area contributed by atoms with Crippen LogP contribution < -0.4 is 21.3 Å². The van der Waals surface area contributed by atoms with Gasteiger partial charge in [0, 0.05) is 28.9 Å². The number of fused-ring (bicyclic) bond motifs is 4. The van der Waals surface area contributed by atoms with E-state index in [-0.39, 0.29) is 41.8 Å². The molecule has 3 amide bonds. The molecule has 3 aromatic heterocycles. The van der Waals surface area contributed by atoms with Crippen molar-refractivity contribution in [1.82, 2.24) is 25.6 Å². The third-order valence-corrected chi connectivity index (χ3v) is 9.34. The SMILES string of the molecule is NNC(=O)c1c(COc2ccc(F)cc2)nc2c(c1-c1ccc(C(=O)N[C@@H]3CCc4ncccc43)s1)C(=O)N1CCC[C@@H]21. The van der Waals surface area contributed by atoms with Crippen LogP contribution in [-0.4, -0.2) is 39.1 Å². The molecular weight excluding hydrogens is 571 g/mol. The number of pyridine rings is 2. The minimum Gasteiger partial charge on any atom is -0.487 e. The van der Waals surface area contributed by atoms with Gasteiger partial charge in [0.2, 0.25) is 0 Å². The third kappa shape index (κ3) is 4.72. The fourth-order valence-electron chi connectivity index (χ4n) is 6.29. The number of benzene rings is 1. The number of halogens is 1. The average Bonchev–Trinajstić information content (AvgIpc) is 3.82. The number of carbonyl (C=O) groups is 3. The Hall–Kier alpha value is -4.68. The van der Waals surface area contributed by atoms with Gasteiger partial charge in [0.15, 0.2) is 0 Å². The Labute approximate surface area is 250 Å². The first-order valence-electron chi connectivity index (χ1n) is 14.0. The topological polar surface area (TPSA) is 140 Å². The Morgan fingerprint density at radius 2 is 1.93 bits per heavy atom. The van der Waals surface area contributed by atoms with E-state index in [9.17, 15) is 18.8 Å². The van der Waals surface area contributed by atoms with Crippen LogP contribution in [-0.2, 0) is 13.0 Å². The molecule has 10 nitrogen and oxygen atoms in total. The quantitative estimate of drug-likeness (QED) is 0.164. The van der Waals surface area contributed by atoms with Gasteiger partial charge in [-0.05, 0) is 73.7 Å². The summed E-state index contributed by atoms with van der Waals surface area (Å²) < 4.78 is 19.4. The molecule has 1 fully saturated rings. The number of aryl methyl sites for hydroxylation is 1. The molecule has 2 aliphatic heterocycles. The van der Waals surface area contributed by atoms with E-state index in [2.05, 4.69) is 15.7 Å². The van der Waals surface area contributed by atoms with Gasteiger partial charge in [-0.25, -0.2) is 10.2 Å². The Morgan fingerprint density at radius 3 is 2.74 bits per heavy atom. The fourth-order valence-corrected chi connectivity index (χ4v) is 7.25. The number of rotatable bonds is 7. The summed E-state index contributed by atoms with van der Waals surface area (Å²) >= 11 is 1.19. The second-order valence-electron chi connectivity index (χ2n) is 10.7. The van der Waals surface area contributed by atoms with Gasteiger partial charge in [0.25, 0.3) is 17.7 Å². The molecule has 0 radical (unpaired) electrons. The van der Waals surface area contributed by atoms with Crippen LogP contribution in [0.5, 0.6) is 5.75 Å². The zero-order valence-corrected chi connectivity index (χ0v) is 23.7. The molecule has 4 aromatic rings. The lowest BCUT2D eigenvalue weighted by molar-refractivity contribution is 0.0775. The van der Waals surface area contributed by atoms with Crippen molar-refractivity contribution in [2.24, 2.45) is 5.84 Å². The van der Waals surface area contributed by atoms with Crippen molar-refractivity contribution in [1.29, 1.82) is 0 Å². The number of hydrogen-bond donors (Lipinski definition) is 3. The van der Waals surface area contributed by atoms with Crippen molar-refractivity contribution >= 4 is 29.1 Å². The van der Waals surface area contributed by atoms with Crippen LogP contribution in [0.4, 0.5) is 4.39 Å². The summed E-state index contributed by atoms with van der Waals surface area (Å²) in [4.78, 5) is 52.4. The van der Waals surface area contributed by atoms with Gasteiger partial charge in [-0.2, -0.15) is 0 Å². The van der Waals surface area contributed by atoms with E-state index < -0.39 is 11.7 Å². The molecule has 1 aromatic carbocycles. The lowest BCUT2D eigenvalue weighted by Crippen LogP contribution is -2.32. The van der Waals surface area contributed by atoms with Crippen molar-refractivity contribution in [2.45, 2.75) is 44.4 Å². The highest BCUT2D eigenvalue weighted by molar-refractivity contribution is 7.17. The summed E-state index contributed by atoms with van der Waals surface area (Å²) in [7, 11) is 0. The monoisotopic (exact) mass is 598 g/mol. The van der Waals surface area contributed by atoms with Gasteiger partial charge in [-0.1, -0.05) is 6.07 Å². The predicted octanol–water partition coefficient (Wildman–Crippen LogP) is 4.23. The number of amides is 3. The molecule has 0 spiro atoms. The molecule has 4 N–H and O–H groups in total. The van der Waals surface area contributed by atoms with Crippen LogP contribution in [0.15, 0.2) is 54.7 Å². The first kappa shape index (κ1) is 27.2. The van der Waals surface area contributed by atoms with Gasteiger partial charge in [-0.3, -0.25) is 29.8 Å². The number of carbonyl (C=O) groups excluding carboxylic acids is 3. The molecule has 3 aliphatic rings. The number of aromatic nitrogens is 2. The summed E-state index contributed by atoms with van der Waals surface area (Å²) in [6, 6.07) is 12.4. The maximum atomic E-state index is 13.7. The van der Waals surface area contributed by atoms with E-state index in [0.717, 1.165) is 36.9 Å². The molecular formula is C31H27FN6O4S. The lowest BCUT2D eigenvalue weighted by Gasteiger charge is -2.17. The molecule has 7 rings (SSSR count). The van der Waals surface area contributed by atoms with Crippen LogP contribution in [0.2, 0.25) is 0 Å². The molecule has 0 unspecified atom stereocenters. The fraction of sp³-hybridized carbons (Fsp3) is 0.258. The number of thiophene rings is 1. The zero-order valence-electron chi connectivity index (χ0n) is 22.9. The molecule has 2 atom stereocenters. The molecule has 12 heteroatoms. The second-order valence-corrected chi connectivity index (χ2v) is 11.8. The maximum absolute atomic E-state index is 13.7. The predicted molar refractivity (Wildman–Crippen MR) is 156 cm³/mol. The van der Waals surface area contributed by atoms with Gasteiger partial charge >= 0.3 is 0 Å². The summed E-state index contributed by atoms with van der Waals surface area (Å²) in [6.07, 6.45) is 4.91. The summed E-state index contributed by atoms with van der Waals surface area (Å²) in [6.45, 7) is 0.471. The Bertz CT molecular complexity index is 1770. The molecule has 5 heterocycles. The average molecular weight is 599 g/mol. The van der Waals surface area contributed by atoms with E-state index in [0.29, 0.717) is 38.9 Å². The highest BCUT2D eigenvalue weighted by atomic mass is 32.1. The van der Waals surface area contributed by atoms with E-state index >= 15 is 0 Å². The Kier molecular flexibility index (Phi) is 6.86. The smallest absolute Gasteiger partial charge is 0.267 e. The maximum Gasteiger partial charge on any atom is 0.267 e. The molecule has 43 heavy (non-hydrogen) atoms. The number of nitrogen functional groups attached to an aromatic ring is 1. The third-order valence-electron chi connectivity index (χ3n) is 8.24. The van der Waals surface area contributed by atoms with E-state index in [1.807, 2.05) is 12.1 Å². The largest absolute Gasteiger partial charge is 0.487 e. The highest BCUT2D eigenvalue weighted by Crippen LogP contribution is 2.47. The van der Waals surface area contributed by atoms with Crippen molar-refractivity contribution in [3.05, 3.63) is 99.2 Å². The first-order chi connectivity index (χ1) is 20.9. The molecule has 0 bridgehead atoms. The number of nitrogens with one attached hydrogen (secondary N) is 2. The van der Waals surface area contributed by atoms with Gasteiger partial charge in [0.1, 0.15) is 18.2 Å². The summed E-state index contributed by atoms with van der Waals surface area (Å²) in [5, 5.41) is 3.11. The summed E-state index contributed by atoms with van der Waals surface area (Å²) in [5.74, 6) is 4.52. The van der Waals surface area contributed by atoms with E-state index in [4.69, 9.17) is 15.6 Å². The number of hydrazine groups is 1. The van der Waals surface area contributed by atoms with Crippen LogP contribution in [0, 0.1) is 5.82 Å². The van der Waals surface area contributed by atoms with Crippen LogP contribution in [0.25, 0.3) is 10.4 Å². The van der Waals surface area contributed by atoms with Crippen LogP contribution in [0.1, 0.15) is 84.4 Å². The first-order valence-corrected chi connectivity index (χ1v) is 14.9. The van der Waals surface area contributed by atoms with Crippen LogP contribution >= 0.6 is 11.3 Å². The van der Waals surface area contributed by atoms with Crippen molar-refractivity contribution in [3.8, 4) is 16.2 Å². The highest BCUT2D eigenvalue weighted by Gasteiger charge is 2.45. The van der Waals surface area contributed by atoms with Crippen molar-refractivity contribution < 1.29 is 23.5 Å². The zero-order chi connectivity index (χ0) is 29.7. The lowest BCUT2D eigenvalue weighted by atomic mass is 9.95. The number of ether oxygens (including phenoxy) is 1. The summed E-state index contributed by atoms with van der Waals surface area (Å²) in [5.41, 5.74) is 5.88. The van der Waals surface area contributed by atoms with Crippen molar-refractivity contribution in [3.63, 3.8) is 0 Å². The van der Waals surface area contributed by atoms with Gasteiger partial charge in [-0.15, -0.1) is 11.3 Å². The van der Waals surface area contributed by atoms with E-state index in [1.54, 1.807) is 23.2 Å². The minimum absolute atomic E-state index is 0.0995. The van der Waals surface area contributed by atoms with Gasteiger partial charge < -0.3 is 15.0 Å². The molecule has 1 saturated heterocycles. The molecule has 0 saturated carbocycles. The van der Waals surface area contributed by atoms with Crippen LogP contribution in [0.3, 0.4) is 0 Å². The normalized spacial score (nSPS) is 18.3. The number of hydrogen-bond acceptors (Lipinski definition) is 8. The standard InChI is InChI=1S/C31H27FN6O4S/c32-16-5-7-17(8-6-16)42-15-21-25(30(40)37-33)26(27-28(35-21)22-4-2-14-38(22)31(27)41)23-11-12-24(43-23)29(39)36-20-10-9-19-18(20)3-1-13-34-19/h1,3,5-8,11-13,20,22H,2,4,9-10,14-15,33H2,(H,36,39)(H,37,40)/t20-,22+/m1/s1. The number of nitrogens with zero attached hydrogens (tertiary/aromatic N) is 3. The Morgan fingerprint density at radius 1 is 1.09 bits per heavy atom. The molecule has 218 valence electrons. The minimum atomic E-state index is -0.641.